The Morgan fingerprint density at radius 3 is 2.62 bits per heavy atom. The molecule has 1 aliphatic heterocycles. The first-order valence-electron chi connectivity index (χ1n) is 10.9. The summed E-state index contributed by atoms with van der Waals surface area (Å²) in [6.07, 6.45) is 5.39. The van der Waals surface area contributed by atoms with E-state index in [-0.39, 0.29) is 11.6 Å². The topological polar surface area (TPSA) is 92.3 Å². The number of ketones is 1. The normalized spacial score (nSPS) is 16.1. The summed E-state index contributed by atoms with van der Waals surface area (Å²) < 4.78 is 38.9. The van der Waals surface area contributed by atoms with Gasteiger partial charge in [-0.1, -0.05) is 19.9 Å². The summed E-state index contributed by atoms with van der Waals surface area (Å²) in [5.74, 6) is -0.0916. The van der Waals surface area contributed by atoms with Crippen molar-refractivity contribution in [2.45, 2.75) is 52.4 Å². The maximum absolute atomic E-state index is 14.3. The number of halogens is 1. The highest BCUT2D eigenvalue weighted by atomic mass is 32.2. The summed E-state index contributed by atoms with van der Waals surface area (Å²) >= 11 is 0. The zero-order valence-electron chi connectivity index (χ0n) is 19.1. The zero-order valence-corrected chi connectivity index (χ0v) is 19.9. The minimum absolute atomic E-state index is 0.0335. The maximum atomic E-state index is 14.3. The van der Waals surface area contributed by atoms with Crippen LogP contribution in [0.25, 0.3) is 0 Å². The fourth-order valence-electron chi connectivity index (χ4n) is 3.86. The number of carbonyl (C=O) groups is 1. The molecule has 0 radical (unpaired) electrons. The quantitative estimate of drug-likeness (QED) is 0.641. The molecule has 0 bridgehead atoms. The van der Waals surface area contributed by atoms with E-state index >= 15 is 0 Å². The van der Waals surface area contributed by atoms with Gasteiger partial charge in [-0.2, -0.15) is 0 Å². The molecular formula is C23H31FN4O3S. The lowest BCUT2D eigenvalue weighted by Crippen LogP contribution is -2.34. The summed E-state index contributed by atoms with van der Waals surface area (Å²) in [5, 5.41) is 0. The van der Waals surface area contributed by atoms with Crippen molar-refractivity contribution < 1.29 is 17.6 Å². The molecule has 1 fully saturated rings. The van der Waals surface area contributed by atoms with E-state index in [0.717, 1.165) is 61.2 Å². The van der Waals surface area contributed by atoms with Gasteiger partial charge in [0.15, 0.2) is 11.6 Å². The number of hydrogen-bond donors (Lipinski definition) is 1. The second-order valence-corrected chi connectivity index (χ2v) is 10.5. The van der Waals surface area contributed by atoms with E-state index < -0.39 is 21.8 Å². The average Bonchev–Trinajstić information content (AvgIpc) is 2.73. The number of aryl methyl sites for hydroxylation is 2. The fraction of sp³-hybridized carbons (Fsp3) is 0.522. The second-order valence-electron chi connectivity index (χ2n) is 8.77. The number of Topliss-reactive ketones (excluding diaryl/α,β-unsaturated/α-hetero) is 1. The van der Waals surface area contributed by atoms with Gasteiger partial charge < -0.3 is 4.90 Å². The molecule has 1 saturated heterocycles. The predicted molar refractivity (Wildman–Crippen MR) is 124 cm³/mol. The van der Waals surface area contributed by atoms with Crippen molar-refractivity contribution >= 4 is 27.4 Å². The van der Waals surface area contributed by atoms with Crippen LogP contribution in [0.3, 0.4) is 0 Å². The molecule has 0 saturated carbocycles. The van der Waals surface area contributed by atoms with Gasteiger partial charge in [0.25, 0.3) is 0 Å². The van der Waals surface area contributed by atoms with E-state index in [0.29, 0.717) is 18.4 Å². The van der Waals surface area contributed by atoms with Gasteiger partial charge in [-0.15, -0.1) is 0 Å². The third-order valence-electron chi connectivity index (χ3n) is 5.95. The molecular weight excluding hydrogens is 431 g/mol. The highest BCUT2D eigenvalue weighted by molar-refractivity contribution is 7.92. The monoisotopic (exact) mass is 462 g/mol. The Balaban J connectivity index is 1.69. The molecule has 0 spiro atoms. The van der Waals surface area contributed by atoms with Crippen LogP contribution in [-0.2, 0) is 21.2 Å². The number of sulfonamides is 1. The highest BCUT2D eigenvalue weighted by Crippen LogP contribution is 2.27. The summed E-state index contributed by atoms with van der Waals surface area (Å²) in [6, 6.07) is 5.17. The van der Waals surface area contributed by atoms with E-state index in [1.807, 2.05) is 23.8 Å². The lowest BCUT2D eigenvalue weighted by atomic mass is 9.93. The molecule has 0 aliphatic carbocycles. The lowest BCUT2D eigenvalue weighted by molar-refractivity contribution is -0.120. The van der Waals surface area contributed by atoms with Crippen LogP contribution in [0.15, 0.2) is 24.4 Å². The maximum Gasteiger partial charge on any atom is 0.231 e. The Hall–Kier alpha value is -2.55. The van der Waals surface area contributed by atoms with Crippen molar-refractivity contribution in [2.75, 3.05) is 29.0 Å². The number of carbonyl (C=O) groups excluding carboxylic acids is 1. The number of rotatable bonds is 8. The highest BCUT2D eigenvalue weighted by Gasteiger charge is 2.22. The number of pyridine rings is 2. The minimum Gasteiger partial charge on any atom is -0.356 e. The summed E-state index contributed by atoms with van der Waals surface area (Å²) in [6.45, 7) is 7.88. The number of nitrogens with one attached hydrogen (secondary N) is 1. The molecule has 0 amide bonds. The summed E-state index contributed by atoms with van der Waals surface area (Å²) in [7, 11) is -3.64. The van der Waals surface area contributed by atoms with Crippen molar-refractivity contribution in [3.63, 3.8) is 0 Å². The van der Waals surface area contributed by atoms with Crippen LogP contribution in [0.4, 0.5) is 16.0 Å². The summed E-state index contributed by atoms with van der Waals surface area (Å²) in [5.41, 5.74) is 2.41. The number of anilines is 2. The van der Waals surface area contributed by atoms with Gasteiger partial charge in [-0.25, -0.2) is 22.8 Å². The van der Waals surface area contributed by atoms with Crippen LogP contribution in [-0.4, -0.2) is 43.5 Å². The van der Waals surface area contributed by atoms with Crippen molar-refractivity contribution in [1.29, 1.82) is 0 Å². The van der Waals surface area contributed by atoms with Crippen molar-refractivity contribution in [3.8, 4) is 0 Å². The number of nitrogens with zero attached hydrogens (tertiary/aromatic N) is 3. The van der Waals surface area contributed by atoms with Gasteiger partial charge in [-0.3, -0.25) is 9.52 Å². The molecule has 9 heteroatoms. The molecule has 1 N–H and O–H groups in total. The van der Waals surface area contributed by atoms with Crippen LogP contribution in [0.5, 0.6) is 0 Å². The van der Waals surface area contributed by atoms with Crippen LogP contribution in [0.2, 0.25) is 0 Å². The van der Waals surface area contributed by atoms with Crippen molar-refractivity contribution in [1.82, 2.24) is 9.97 Å². The van der Waals surface area contributed by atoms with Crippen LogP contribution in [0, 0.1) is 18.7 Å². The Labute approximate surface area is 189 Å². The van der Waals surface area contributed by atoms with Gasteiger partial charge >= 0.3 is 0 Å². The first-order chi connectivity index (χ1) is 15.0. The molecule has 2 aromatic heterocycles. The smallest absolute Gasteiger partial charge is 0.231 e. The van der Waals surface area contributed by atoms with Gasteiger partial charge in [0, 0.05) is 37.3 Å². The van der Waals surface area contributed by atoms with E-state index in [4.69, 9.17) is 4.98 Å². The third-order valence-corrected chi connectivity index (χ3v) is 6.51. The second kappa shape index (κ2) is 9.94. The molecule has 3 heterocycles. The zero-order chi connectivity index (χ0) is 23.5. The van der Waals surface area contributed by atoms with Crippen molar-refractivity contribution in [2.24, 2.45) is 5.92 Å². The number of piperidine rings is 1. The van der Waals surface area contributed by atoms with E-state index in [2.05, 4.69) is 16.8 Å². The minimum atomic E-state index is -3.64. The fourth-order valence-corrected chi connectivity index (χ4v) is 4.36. The Morgan fingerprint density at radius 1 is 1.31 bits per heavy atom. The van der Waals surface area contributed by atoms with Crippen LogP contribution < -0.4 is 9.62 Å². The lowest BCUT2D eigenvalue weighted by Gasteiger charge is -2.32. The molecule has 3 rings (SSSR count). The van der Waals surface area contributed by atoms with Gasteiger partial charge in [-0.05, 0) is 55.4 Å². The van der Waals surface area contributed by atoms with Crippen LogP contribution >= 0.6 is 0 Å². The molecule has 1 atom stereocenters. The van der Waals surface area contributed by atoms with Gasteiger partial charge in [0.2, 0.25) is 10.0 Å². The first kappa shape index (κ1) is 24.1. The van der Waals surface area contributed by atoms with E-state index in [1.165, 1.54) is 6.20 Å². The molecule has 1 aliphatic rings. The van der Waals surface area contributed by atoms with E-state index in [1.54, 1.807) is 6.92 Å². The average molecular weight is 463 g/mol. The number of hydrogen-bond acceptors (Lipinski definition) is 6. The van der Waals surface area contributed by atoms with Gasteiger partial charge in [0.05, 0.1) is 6.26 Å². The third kappa shape index (κ3) is 6.25. The molecule has 2 aromatic rings. The molecule has 0 aromatic carbocycles. The molecule has 32 heavy (non-hydrogen) atoms. The Kier molecular flexibility index (Phi) is 7.48. The van der Waals surface area contributed by atoms with Crippen molar-refractivity contribution in [3.05, 3.63) is 47.0 Å². The predicted octanol–water partition coefficient (Wildman–Crippen LogP) is 3.84. The Bertz CT molecular complexity index is 1080. The Morgan fingerprint density at radius 2 is 2.00 bits per heavy atom. The summed E-state index contributed by atoms with van der Waals surface area (Å²) in [4.78, 5) is 23.7. The molecule has 1 unspecified atom stereocenters. The standard InChI is InChI=1S/C23H31FN4O3S/c1-15-9-11-28(12-10-15)23-18(6-5-16(2)26-23)7-8-21(29)17(3)19-13-20(24)22(25-14-19)27-32(4,30)31/h5-6,13-15,17H,7-12H2,1-4H3,(H,25,27). The largest absolute Gasteiger partial charge is 0.356 e. The van der Waals surface area contributed by atoms with Gasteiger partial charge in [0.1, 0.15) is 11.6 Å². The van der Waals surface area contributed by atoms with Crippen LogP contribution in [0.1, 0.15) is 55.8 Å². The van der Waals surface area contributed by atoms with E-state index in [9.17, 15) is 17.6 Å². The number of aromatic nitrogens is 2. The first-order valence-corrected chi connectivity index (χ1v) is 12.8. The molecule has 7 nitrogen and oxygen atoms in total. The SMILES string of the molecule is Cc1ccc(CCC(=O)C(C)c2cnc(NS(C)(=O)=O)c(F)c2)c(N2CCC(C)CC2)n1. The molecule has 174 valence electrons.